The van der Waals surface area contributed by atoms with Gasteiger partial charge in [0, 0.05) is 35.0 Å². The van der Waals surface area contributed by atoms with E-state index in [1.54, 1.807) is 17.1 Å². The van der Waals surface area contributed by atoms with Gasteiger partial charge in [0.25, 0.3) is 0 Å². The number of pyridine rings is 1. The van der Waals surface area contributed by atoms with Crippen molar-refractivity contribution in [2.24, 2.45) is 7.05 Å². The molecule has 0 unspecified atom stereocenters. The average Bonchev–Trinajstić information content (AvgIpc) is 2.56. The van der Waals surface area contributed by atoms with Gasteiger partial charge < -0.3 is 0 Å². The van der Waals surface area contributed by atoms with E-state index in [9.17, 15) is 0 Å². The average molecular weight is 273 g/mol. The molecule has 0 aliphatic carbocycles. The summed E-state index contributed by atoms with van der Waals surface area (Å²) in [7, 11) is 1.88. The Bertz CT molecular complexity index is 467. The monoisotopic (exact) mass is 271 g/mol. The van der Waals surface area contributed by atoms with Gasteiger partial charge in [-0.3, -0.25) is 4.68 Å². The molecule has 2 aromatic heterocycles. The van der Waals surface area contributed by atoms with Crippen LogP contribution in [0.3, 0.4) is 0 Å². The summed E-state index contributed by atoms with van der Waals surface area (Å²) in [5.74, 6) is 0. The Morgan fingerprint density at radius 1 is 1.43 bits per heavy atom. The van der Waals surface area contributed by atoms with Gasteiger partial charge >= 0.3 is 0 Å². The third-order valence-electron chi connectivity index (χ3n) is 1.84. The summed E-state index contributed by atoms with van der Waals surface area (Å²) in [5, 5.41) is 4.57. The summed E-state index contributed by atoms with van der Waals surface area (Å²) in [6.07, 6.45) is 5.40. The fraction of sp³-hybridized carbons (Fsp3) is 0.111. The highest BCUT2D eigenvalue weighted by Crippen LogP contribution is 2.28. The van der Waals surface area contributed by atoms with E-state index >= 15 is 0 Å². The van der Waals surface area contributed by atoms with Crippen molar-refractivity contribution >= 4 is 27.5 Å². The van der Waals surface area contributed by atoms with Crippen LogP contribution in [0.15, 0.2) is 29.1 Å². The predicted octanol–water partition coefficient (Wildman–Crippen LogP) is 2.90. The summed E-state index contributed by atoms with van der Waals surface area (Å²) in [4.78, 5) is 3.96. The van der Waals surface area contributed by atoms with Crippen LogP contribution in [0.4, 0.5) is 0 Å². The van der Waals surface area contributed by atoms with Gasteiger partial charge in [-0.15, -0.1) is 0 Å². The molecule has 0 atom stereocenters. The largest absolute Gasteiger partial charge is 0.275 e. The number of halogens is 2. The Labute approximate surface area is 94.9 Å². The van der Waals surface area contributed by atoms with Crippen molar-refractivity contribution in [1.82, 2.24) is 14.8 Å². The topological polar surface area (TPSA) is 30.7 Å². The highest BCUT2D eigenvalue weighted by Gasteiger charge is 2.06. The zero-order chi connectivity index (χ0) is 10.1. The van der Waals surface area contributed by atoms with Crippen LogP contribution in [-0.2, 0) is 7.05 Å². The van der Waals surface area contributed by atoms with Gasteiger partial charge in [0.05, 0.1) is 6.20 Å². The number of hydrogen-bond donors (Lipinski definition) is 0. The second-order valence-corrected chi connectivity index (χ2v) is 4.13. The van der Waals surface area contributed by atoms with E-state index in [4.69, 9.17) is 11.6 Å². The van der Waals surface area contributed by atoms with Crippen molar-refractivity contribution in [3.63, 3.8) is 0 Å². The molecule has 72 valence electrons. The molecule has 3 nitrogen and oxygen atoms in total. The molecule has 2 rings (SSSR count). The molecule has 0 radical (unpaired) electrons. The fourth-order valence-corrected chi connectivity index (χ4v) is 1.80. The zero-order valence-corrected chi connectivity index (χ0v) is 9.75. The highest BCUT2D eigenvalue weighted by atomic mass is 79.9. The first-order chi connectivity index (χ1) is 6.66. The van der Waals surface area contributed by atoms with Crippen LogP contribution in [0.2, 0.25) is 5.15 Å². The molecule has 0 aromatic carbocycles. The van der Waals surface area contributed by atoms with Crippen LogP contribution in [0.5, 0.6) is 0 Å². The first kappa shape index (κ1) is 9.68. The predicted molar refractivity (Wildman–Crippen MR) is 59.1 cm³/mol. The molecule has 0 saturated heterocycles. The first-order valence-electron chi connectivity index (χ1n) is 3.97. The normalized spacial score (nSPS) is 10.5. The molecular weight excluding hydrogens is 265 g/mol. The van der Waals surface area contributed by atoms with E-state index in [0.29, 0.717) is 5.15 Å². The van der Waals surface area contributed by atoms with E-state index < -0.39 is 0 Å². The van der Waals surface area contributed by atoms with E-state index in [0.717, 1.165) is 15.6 Å². The zero-order valence-electron chi connectivity index (χ0n) is 7.41. The number of aromatic nitrogens is 3. The Morgan fingerprint density at radius 3 is 2.86 bits per heavy atom. The van der Waals surface area contributed by atoms with E-state index in [-0.39, 0.29) is 0 Å². The van der Waals surface area contributed by atoms with E-state index in [1.807, 2.05) is 19.3 Å². The van der Waals surface area contributed by atoms with Crippen LogP contribution < -0.4 is 0 Å². The second-order valence-electron chi connectivity index (χ2n) is 2.89. The molecule has 0 spiro atoms. The smallest absolute Gasteiger partial charge is 0.129 e. The van der Waals surface area contributed by atoms with Gasteiger partial charge in [0.15, 0.2) is 0 Å². The molecule has 0 aliphatic rings. The standard InChI is InChI=1S/C9H7BrClN3/c1-14-5-6(3-13-14)7-2-9(11)12-4-8(7)10/h2-5H,1H3. The Kier molecular flexibility index (Phi) is 2.56. The quantitative estimate of drug-likeness (QED) is 0.747. The molecule has 0 fully saturated rings. The maximum absolute atomic E-state index is 5.81. The Morgan fingerprint density at radius 2 is 2.21 bits per heavy atom. The lowest BCUT2D eigenvalue weighted by Gasteiger charge is -2.00. The van der Waals surface area contributed by atoms with Gasteiger partial charge in [-0.2, -0.15) is 5.10 Å². The van der Waals surface area contributed by atoms with Crippen molar-refractivity contribution in [3.8, 4) is 11.1 Å². The van der Waals surface area contributed by atoms with Gasteiger partial charge in [-0.05, 0) is 22.0 Å². The Balaban J connectivity index is 2.55. The minimum atomic E-state index is 0.479. The van der Waals surface area contributed by atoms with Crippen molar-refractivity contribution in [2.45, 2.75) is 0 Å². The SMILES string of the molecule is Cn1cc(-c2cc(Cl)ncc2Br)cn1. The molecule has 0 saturated carbocycles. The van der Waals surface area contributed by atoms with Crippen molar-refractivity contribution in [2.75, 3.05) is 0 Å². The molecule has 0 aliphatic heterocycles. The number of nitrogens with zero attached hydrogens (tertiary/aromatic N) is 3. The lowest BCUT2D eigenvalue weighted by molar-refractivity contribution is 0.768. The van der Waals surface area contributed by atoms with Crippen molar-refractivity contribution in [1.29, 1.82) is 0 Å². The fourth-order valence-electron chi connectivity index (χ4n) is 1.19. The molecule has 14 heavy (non-hydrogen) atoms. The lowest BCUT2D eigenvalue weighted by Crippen LogP contribution is -1.84. The first-order valence-corrected chi connectivity index (χ1v) is 5.14. The van der Waals surface area contributed by atoms with Gasteiger partial charge in [-0.1, -0.05) is 11.6 Å². The highest BCUT2D eigenvalue weighted by molar-refractivity contribution is 9.10. The molecule has 0 N–H and O–H groups in total. The molecule has 0 amide bonds. The maximum atomic E-state index is 5.81. The maximum Gasteiger partial charge on any atom is 0.129 e. The molecule has 5 heteroatoms. The molecule has 0 bridgehead atoms. The third-order valence-corrected chi connectivity index (χ3v) is 2.68. The summed E-state index contributed by atoms with van der Waals surface area (Å²) < 4.78 is 2.66. The minimum absolute atomic E-state index is 0.479. The lowest BCUT2D eigenvalue weighted by atomic mass is 10.1. The molecular formula is C9H7BrClN3. The summed E-state index contributed by atoms with van der Waals surface area (Å²) >= 11 is 9.23. The number of aryl methyl sites for hydroxylation is 1. The second kappa shape index (κ2) is 3.71. The third kappa shape index (κ3) is 1.81. The van der Waals surface area contributed by atoms with E-state index in [1.165, 1.54) is 0 Å². The molecule has 2 aromatic rings. The van der Waals surface area contributed by atoms with Crippen LogP contribution in [0.1, 0.15) is 0 Å². The number of hydrogen-bond acceptors (Lipinski definition) is 2. The van der Waals surface area contributed by atoms with Crippen LogP contribution >= 0.6 is 27.5 Å². The summed E-state index contributed by atoms with van der Waals surface area (Å²) in [6.45, 7) is 0. The summed E-state index contributed by atoms with van der Waals surface area (Å²) in [6, 6.07) is 1.81. The minimum Gasteiger partial charge on any atom is -0.275 e. The van der Waals surface area contributed by atoms with Crippen molar-refractivity contribution in [3.05, 3.63) is 34.3 Å². The van der Waals surface area contributed by atoms with E-state index in [2.05, 4.69) is 26.0 Å². The van der Waals surface area contributed by atoms with Crippen molar-refractivity contribution < 1.29 is 0 Å². The van der Waals surface area contributed by atoms with Crippen LogP contribution in [-0.4, -0.2) is 14.8 Å². The van der Waals surface area contributed by atoms with Gasteiger partial charge in [0.1, 0.15) is 5.15 Å². The van der Waals surface area contributed by atoms with Crippen LogP contribution in [0.25, 0.3) is 11.1 Å². The van der Waals surface area contributed by atoms with Gasteiger partial charge in [-0.25, -0.2) is 4.98 Å². The Hall–Kier alpha value is -0.870. The van der Waals surface area contributed by atoms with Gasteiger partial charge in [0.2, 0.25) is 0 Å². The molecule has 2 heterocycles. The number of rotatable bonds is 1. The van der Waals surface area contributed by atoms with Crippen LogP contribution in [0, 0.1) is 0 Å². The summed E-state index contributed by atoms with van der Waals surface area (Å²) in [5.41, 5.74) is 2.02.